The first-order valence-corrected chi connectivity index (χ1v) is 12.5. The monoisotopic (exact) mass is 486 g/mol. The highest BCUT2D eigenvalue weighted by Crippen LogP contribution is 2.24. The molecule has 7 nitrogen and oxygen atoms in total. The Labute approximate surface area is 207 Å². The molecule has 2 heterocycles. The Morgan fingerprint density at radius 3 is 2.77 bits per heavy atom. The van der Waals surface area contributed by atoms with Gasteiger partial charge in [-0.1, -0.05) is 42.5 Å². The lowest BCUT2D eigenvalue weighted by Crippen LogP contribution is -2.47. The topological polar surface area (TPSA) is 100 Å². The number of carbonyl (C=O) groups excluding carboxylic acids is 3. The second-order valence-corrected chi connectivity index (χ2v) is 9.86. The average Bonchev–Trinajstić information content (AvgIpc) is 3.34. The Balaban J connectivity index is 1.39. The number of hydrogen-bond donors (Lipinski definition) is 3. The highest BCUT2D eigenvalue weighted by atomic mass is 32.1. The van der Waals surface area contributed by atoms with E-state index in [1.807, 2.05) is 61.5 Å². The Morgan fingerprint density at radius 1 is 1.11 bits per heavy atom. The zero-order valence-electron chi connectivity index (χ0n) is 19.3. The Bertz CT molecular complexity index is 1420. The molecular weight excluding hydrogens is 460 g/mol. The molecule has 1 aromatic heterocycles. The molecule has 1 saturated heterocycles. The summed E-state index contributed by atoms with van der Waals surface area (Å²) in [5.41, 5.74) is 1.44. The van der Waals surface area contributed by atoms with Crippen molar-refractivity contribution in [3.05, 3.63) is 78.0 Å². The molecule has 1 aliphatic heterocycles. The maximum Gasteiger partial charge on any atom is 0.252 e. The minimum Gasteiger partial charge on any atom is -0.354 e. The van der Waals surface area contributed by atoms with Gasteiger partial charge in [-0.2, -0.15) is 4.37 Å². The van der Waals surface area contributed by atoms with Crippen LogP contribution in [0.4, 0.5) is 0 Å². The van der Waals surface area contributed by atoms with Gasteiger partial charge in [-0.15, -0.1) is 0 Å². The van der Waals surface area contributed by atoms with Crippen molar-refractivity contribution in [1.82, 2.24) is 20.3 Å². The molecule has 0 spiro atoms. The van der Waals surface area contributed by atoms with Crippen LogP contribution in [0.25, 0.3) is 20.9 Å². The molecule has 3 aromatic carbocycles. The summed E-state index contributed by atoms with van der Waals surface area (Å²) in [7, 11) is 0. The summed E-state index contributed by atoms with van der Waals surface area (Å²) in [5.74, 6) is -0.912. The number of hydrogen-bond acceptors (Lipinski definition) is 5. The van der Waals surface area contributed by atoms with Crippen LogP contribution in [0, 0.1) is 5.92 Å². The number of carbonyl (C=O) groups is 3. The van der Waals surface area contributed by atoms with Crippen LogP contribution >= 0.6 is 11.5 Å². The lowest BCUT2D eigenvalue weighted by atomic mass is 9.91. The van der Waals surface area contributed by atoms with Crippen LogP contribution in [0.1, 0.15) is 41.7 Å². The summed E-state index contributed by atoms with van der Waals surface area (Å²) in [6, 6.07) is 19.1. The first kappa shape index (κ1) is 23.0. The van der Waals surface area contributed by atoms with Gasteiger partial charge in [0, 0.05) is 42.1 Å². The summed E-state index contributed by atoms with van der Waals surface area (Å²) in [6.45, 7) is 2.11. The molecule has 1 aliphatic rings. The number of piperidine rings is 1. The van der Waals surface area contributed by atoms with E-state index < -0.39 is 12.0 Å². The van der Waals surface area contributed by atoms with Crippen LogP contribution < -0.4 is 16.0 Å². The van der Waals surface area contributed by atoms with Gasteiger partial charge in [0.15, 0.2) is 0 Å². The van der Waals surface area contributed by atoms with Crippen molar-refractivity contribution in [2.45, 2.75) is 31.8 Å². The van der Waals surface area contributed by atoms with Crippen LogP contribution in [0.5, 0.6) is 0 Å². The molecule has 0 bridgehead atoms. The van der Waals surface area contributed by atoms with E-state index in [2.05, 4.69) is 20.3 Å². The van der Waals surface area contributed by atoms with E-state index in [-0.39, 0.29) is 36.7 Å². The van der Waals surface area contributed by atoms with E-state index in [1.165, 1.54) is 11.5 Å². The second-order valence-electron chi connectivity index (χ2n) is 9.03. The summed E-state index contributed by atoms with van der Waals surface area (Å²) in [6.07, 6.45) is 2.45. The molecule has 3 N–H and O–H groups in total. The lowest BCUT2D eigenvalue weighted by Gasteiger charge is -2.29. The number of fused-ring (bicyclic) bond motifs is 2. The van der Waals surface area contributed by atoms with Crippen LogP contribution in [-0.4, -0.2) is 34.7 Å². The van der Waals surface area contributed by atoms with Gasteiger partial charge < -0.3 is 16.0 Å². The van der Waals surface area contributed by atoms with Gasteiger partial charge in [0.05, 0.1) is 10.7 Å². The SMILES string of the molecule is CC1CC(C(=O)NC(CNC(=O)c2cccc3sncc23)c2ccc3ccccc3c2)CC(=O)N1. The van der Waals surface area contributed by atoms with E-state index in [4.69, 9.17) is 0 Å². The van der Waals surface area contributed by atoms with Gasteiger partial charge in [0.25, 0.3) is 5.91 Å². The minimum absolute atomic E-state index is 0.0504. The number of amides is 3. The van der Waals surface area contributed by atoms with Crippen molar-refractivity contribution in [3.8, 4) is 0 Å². The summed E-state index contributed by atoms with van der Waals surface area (Å²) < 4.78 is 5.14. The van der Waals surface area contributed by atoms with Gasteiger partial charge in [-0.05, 0) is 59.4 Å². The number of benzene rings is 3. The number of nitrogens with one attached hydrogen (secondary N) is 3. The molecule has 35 heavy (non-hydrogen) atoms. The molecule has 3 atom stereocenters. The molecule has 0 saturated carbocycles. The molecule has 8 heteroatoms. The van der Waals surface area contributed by atoms with E-state index in [0.717, 1.165) is 26.4 Å². The van der Waals surface area contributed by atoms with Crippen molar-refractivity contribution in [2.24, 2.45) is 5.92 Å². The van der Waals surface area contributed by atoms with E-state index in [0.29, 0.717) is 12.0 Å². The molecule has 0 radical (unpaired) electrons. The maximum absolute atomic E-state index is 13.2. The number of nitrogens with zero attached hydrogens (tertiary/aromatic N) is 1. The Kier molecular flexibility index (Phi) is 6.46. The summed E-state index contributed by atoms with van der Waals surface area (Å²) in [5, 5.41) is 11.9. The quantitative estimate of drug-likeness (QED) is 0.384. The minimum atomic E-state index is -0.448. The zero-order chi connectivity index (χ0) is 24.4. The third-order valence-electron chi connectivity index (χ3n) is 6.45. The summed E-state index contributed by atoms with van der Waals surface area (Å²) in [4.78, 5) is 38.3. The fraction of sp³-hybridized carbons (Fsp3) is 0.259. The molecule has 4 aromatic rings. The van der Waals surface area contributed by atoms with Gasteiger partial charge in [0.1, 0.15) is 0 Å². The van der Waals surface area contributed by atoms with E-state index in [1.54, 1.807) is 12.3 Å². The van der Waals surface area contributed by atoms with Crippen LogP contribution in [0.3, 0.4) is 0 Å². The third-order valence-corrected chi connectivity index (χ3v) is 7.21. The van der Waals surface area contributed by atoms with Gasteiger partial charge in [0.2, 0.25) is 11.8 Å². The van der Waals surface area contributed by atoms with Crippen molar-refractivity contribution in [2.75, 3.05) is 6.54 Å². The molecule has 178 valence electrons. The fourth-order valence-corrected chi connectivity index (χ4v) is 5.35. The largest absolute Gasteiger partial charge is 0.354 e. The van der Waals surface area contributed by atoms with Crippen LogP contribution in [-0.2, 0) is 9.59 Å². The summed E-state index contributed by atoms with van der Waals surface area (Å²) >= 11 is 1.35. The average molecular weight is 487 g/mol. The number of aromatic nitrogens is 1. The first-order valence-electron chi connectivity index (χ1n) is 11.7. The van der Waals surface area contributed by atoms with Crippen LogP contribution in [0.15, 0.2) is 66.9 Å². The van der Waals surface area contributed by atoms with Crippen molar-refractivity contribution in [3.63, 3.8) is 0 Å². The van der Waals surface area contributed by atoms with E-state index >= 15 is 0 Å². The molecular formula is C27H26N4O3S. The molecule has 3 amide bonds. The molecule has 5 rings (SSSR count). The lowest BCUT2D eigenvalue weighted by molar-refractivity contribution is -0.133. The Hall–Kier alpha value is -3.78. The third kappa shape index (κ3) is 5.02. The van der Waals surface area contributed by atoms with Crippen molar-refractivity contribution in [1.29, 1.82) is 0 Å². The maximum atomic E-state index is 13.2. The van der Waals surface area contributed by atoms with Gasteiger partial charge in [-0.25, -0.2) is 0 Å². The Morgan fingerprint density at radius 2 is 1.94 bits per heavy atom. The zero-order valence-corrected chi connectivity index (χ0v) is 20.1. The predicted molar refractivity (Wildman–Crippen MR) is 137 cm³/mol. The predicted octanol–water partition coefficient (Wildman–Crippen LogP) is 3.95. The standard InChI is InChI=1S/C27H26N4O3S/c1-16-11-20(13-25(32)30-16)26(33)31-23(19-10-9-17-5-2-3-6-18(17)12-19)15-28-27(34)21-7-4-8-24-22(21)14-29-35-24/h2-10,12,14,16,20,23H,11,13,15H2,1H3,(H,28,34)(H,30,32)(H,31,33). The molecule has 1 fully saturated rings. The van der Waals surface area contributed by atoms with E-state index in [9.17, 15) is 14.4 Å². The van der Waals surface area contributed by atoms with Crippen molar-refractivity contribution >= 4 is 50.1 Å². The highest BCUT2D eigenvalue weighted by Gasteiger charge is 2.31. The second kappa shape index (κ2) is 9.84. The first-order chi connectivity index (χ1) is 17.0. The fourth-order valence-electron chi connectivity index (χ4n) is 4.67. The smallest absolute Gasteiger partial charge is 0.252 e. The van der Waals surface area contributed by atoms with Gasteiger partial charge >= 0.3 is 0 Å². The number of rotatable bonds is 6. The van der Waals surface area contributed by atoms with Crippen LogP contribution in [0.2, 0.25) is 0 Å². The molecule has 0 aliphatic carbocycles. The highest BCUT2D eigenvalue weighted by molar-refractivity contribution is 7.13. The molecule has 3 unspecified atom stereocenters. The van der Waals surface area contributed by atoms with Crippen molar-refractivity contribution < 1.29 is 14.4 Å². The normalized spacial score (nSPS) is 18.7. The van der Waals surface area contributed by atoms with Gasteiger partial charge in [-0.3, -0.25) is 14.4 Å².